The SMILES string of the molecule is C=CC(=O)N1CCC(c2cccn2N)C1. The Morgan fingerprint density at radius 2 is 2.47 bits per heavy atom. The first-order valence-corrected chi connectivity index (χ1v) is 5.06. The van der Waals surface area contributed by atoms with Gasteiger partial charge in [0, 0.05) is 30.9 Å². The molecule has 1 amide bonds. The van der Waals surface area contributed by atoms with Crippen molar-refractivity contribution in [2.45, 2.75) is 12.3 Å². The maximum Gasteiger partial charge on any atom is 0.245 e. The molecule has 0 saturated carbocycles. The fraction of sp³-hybridized carbons (Fsp3) is 0.364. The van der Waals surface area contributed by atoms with Crippen molar-refractivity contribution < 1.29 is 4.79 Å². The Kier molecular flexibility index (Phi) is 2.49. The zero-order chi connectivity index (χ0) is 10.8. The standard InChI is InChI=1S/C11H15N3O/c1-2-11(15)13-7-5-9(8-13)10-4-3-6-14(10)12/h2-4,6,9H,1,5,7-8,12H2. The second-order valence-electron chi connectivity index (χ2n) is 3.81. The molecule has 1 atom stereocenters. The molecule has 1 aliphatic heterocycles. The number of aromatic nitrogens is 1. The molecule has 1 unspecified atom stereocenters. The Hall–Kier alpha value is -1.71. The van der Waals surface area contributed by atoms with Gasteiger partial charge in [-0.25, -0.2) is 0 Å². The van der Waals surface area contributed by atoms with Crippen molar-refractivity contribution in [3.63, 3.8) is 0 Å². The molecule has 1 saturated heterocycles. The molecule has 0 radical (unpaired) electrons. The summed E-state index contributed by atoms with van der Waals surface area (Å²) in [6.45, 7) is 5.02. The predicted molar refractivity (Wildman–Crippen MR) is 58.7 cm³/mol. The molecule has 1 aromatic rings. The van der Waals surface area contributed by atoms with Gasteiger partial charge in [0.2, 0.25) is 5.91 Å². The average molecular weight is 205 g/mol. The number of hydrogen-bond donors (Lipinski definition) is 1. The minimum Gasteiger partial charge on any atom is -0.339 e. The molecule has 0 spiro atoms. The van der Waals surface area contributed by atoms with Crippen LogP contribution in [-0.2, 0) is 4.79 Å². The van der Waals surface area contributed by atoms with E-state index in [0.29, 0.717) is 5.92 Å². The van der Waals surface area contributed by atoms with Gasteiger partial charge < -0.3 is 10.7 Å². The van der Waals surface area contributed by atoms with E-state index in [1.54, 1.807) is 4.68 Å². The molecule has 2 rings (SSSR count). The maximum absolute atomic E-state index is 11.4. The third-order valence-electron chi connectivity index (χ3n) is 2.90. The second-order valence-corrected chi connectivity index (χ2v) is 3.81. The normalized spacial score (nSPS) is 20.5. The van der Waals surface area contributed by atoms with Crippen LogP contribution in [0.2, 0.25) is 0 Å². The van der Waals surface area contributed by atoms with Gasteiger partial charge >= 0.3 is 0 Å². The average Bonchev–Trinajstić information content (AvgIpc) is 2.84. The van der Waals surface area contributed by atoms with Crippen LogP contribution in [0.4, 0.5) is 0 Å². The molecule has 0 aromatic carbocycles. The Morgan fingerprint density at radius 3 is 3.07 bits per heavy atom. The van der Waals surface area contributed by atoms with E-state index in [2.05, 4.69) is 6.58 Å². The van der Waals surface area contributed by atoms with Crippen LogP contribution in [0, 0.1) is 0 Å². The van der Waals surface area contributed by atoms with E-state index in [9.17, 15) is 4.79 Å². The Bertz CT molecular complexity index is 383. The lowest BCUT2D eigenvalue weighted by Crippen LogP contribution is -2.26. The smallest absolute Gasteiger partial charge is 0.245 e. The second kappa shape index (κ2) is 3.81. The number of nitrogens with two attached hydrogens (primary N) is 1. The summed E-state index contributed by atoms with van der Waals surface area (Å²) in [5, 5.41) is 0. The summed E-state index contributed by atoms with van der Waals surface area (Å²) >= 11 is 0. The highest BCUT2D eigenvalue weighted by Crippen LogP contribution is 2.26. The van der Waals surface area contributed by atoms with Gasteiger partial charge in [0.15, 0.2) is 0 Å². The van der Waals surface area contributed by atoms with Crippen molar-refractivity contribution in [1.82, 2.24) is 9.58 Å². The van der Waals surface area contributed by atoms with Gasteiger partial charge in [-0.1, -0.05) is 6.58 Å². The fourth-order valence-electron chi connectivity index (χ4n) is 2.08. The van der Waals surface area contributed by atoms with Crippen LogP contribution in [0.15, 0.2) is 31.0 Å². The Morgan fingerprint density at radius 1 is 1.67 bits per heavy atom. The van der Waals surface area contributed by atoms with Crippen LogP contribution in [0.3, 0.4) is 0 Å². The number of carbonyl (C=O) groups excluding carboxylic acids is 1. The molecular weight excluding hydrogens is 190 g/mol. The lowest BCUT2D eigenvalue weighted by atomic mass is 10.1. The highest BCUT2D eigenvalue weighted by Gasteiger charge is 2.27. The molecule has 0 aliphatic carbocycles. The molecule has 2 N–H and O–H groups in total. The third-order valence-corrected chi connectivity index (χ3v) is 2.90. The minimum atomic E-state index is 0.00706. The molecule has 1 fully saturated rings. The van der Waals surface area contributed by atoms with Crippen LogP contribution in [-0.4, -0.2) is 28.6 Å². The molecule has 1 aromatic heterocycles. The van der Waals surface area contributed by atoms with Gasteiger partial charge in [0.05, 0.1) is 0 Å². The van der Waals surface area contributed by atoms with Crippen molar-refractivity contribution in [1.29, 1.82) is 0 Å². The van der Waals surface area contributed by atoms with E-state index < -0.39 is 0 Å². The number of nitrogen functional groups attached to an aromatic ring is 1. The summed E-state index contributed by atoms with van der Waals surface area (Å²) in [5.74, 6) is 6.13. The summed E-state index contributed by atoms with van der Waals surface area (Å²) < 4.78 is 1.63. The molecule has 15 heavy (non-hydrogen) atoms. The van der Waals surface area contributed by atoms with Crippen molar-refractivity contribution in [3.8, 4) is 0 Å². The van der Waals surface area contributed by atoms with E-state index in [1.165, 1.54) is 6.08 Å². The van der Waals surface area contributed by atoms with Gasteiger partial charge in [-0.05, 0) is 24.6 Å². The number of rotatable bonds is 2. The zero-order valence-electron chi connectivity index (χ0n) is 8.60. The number of carbonyl (C=O) groups is 1. The molecule has 2 heterocycles. The number of hydrogen-bond acceptors (Lipinski definition) is 2. The first kappa shape index (κ1) is 9.83. The first-order valence-electron chi connectivity index (χ1n) is 5.06. The van der Waals surface area contributed by atoms with E-state index in [4.69, 9.17) is 5.84 Å². The van der Waals surface area contributed by atoms with Crippen molar-refractivity contribution in [2.24, 2.45) is 0 Å². The molecule has 4 nitrogen and oxygen atoms in total. The fourth-order valence-corrected chi connectivity index (χ4v) is 2.08. The minimum absolute atomic E-state index is 0.00706. The molecular formula is C11H15N3O. The quantitative estimate of drug-likeness (QED) is 0.571. The van der Waals surface area contributed by atoms with Gasteiger partial charge in [-0.15, -0.1) is 0 Å². The Balaban J connectivity index is 2.08. The van der Waals surface area contributed by atoms with Gasteiger partial charge in [-0.3, -0.25) is 9.47 Å². The molecule has 80 valence electrons. The first-order chi connectivity index (χ1) is 7.22. The summed E-state index contributed by atoms with van der Waals surface area (Å²) in [6.07, 6.45) is 4.16. The van der Waals surface area contributed by atoms with Crippen LogP contribution in [0.1, 0.15) is 18.0 Å². The van der Waals surface area contributed by atoms with E-state index >= 15 is 0 Å². The maximum atomic E-state index is 11.4. The lowest BCUT2D eigenvalue weighted by molar-refractivity contribution is -0.125. The van der Waals surface area contributed by atoms with Crippen molar-refractivity contribution in [2.75, 3.05) is 18.9 Å². The Labute approximate surface area is 88.9 Å². The predicted octanol–water partition coefficient (Wildman–Crippen LogP) is 0.704. The summed E-state index contributed by atoms with van der Waals surface area (Å²) in [7, 11) is 0. The third kappa shape index (κ3) is 1.75. The van der Waals surface area contributed by atoms with Gasteiger partial charge in [0.1, 0.15) is 0 Å². The van der Waals surface area contributed by atoms with Crippen LogP contribution >= 0.6 is 0 Å². The van der Waals surface area contributed by atoms with Crippen LogP contribution < -0.4 is 5.84 Å². The van der Waals surface area contributed by atoms with E-state index in [-0.39, 0.29) is 5.91 Å². The van der Waals surface area contributed by atoms with Crippen LogP contribution in [0.25, 0.3) is 0 Å². The van der Waals surface area contributed by atoms with E-state index in [0.717, 1.165) is 25.2 Å². The van der Waals surface area contributed by atoms with Gasteiger partial charge in [0.25, 0.3) is 0 Å². The number of likely N-dealkylation sites (tertiary alicyclic amines) is 1. The van der Waals surface area contributed by atoms with E-state index in [1.807, 2.05) is 23.2 Å². The molecule has 4 heteroatoms. The lowest BCUT2D eigenvalue weighted by Gasteiger charge is -2.14. The number of amides is 1. The highest BCUT2D eigenvalue weighted by molar-refractivity contribution is 5.87. The largest absolute Gasteiger partial charge is 0.339 e. The van der Waals surface area contributed by atoms with Crippen molar-refractivity contribution in [3.05, 3.63) is 36.7 Å². The topological polar surface area (TPSA) is 51.3 Å². The monoisotopic (exact) mass is 205 g/mol. The summed E-state index contributed by atoms with van der Waals surface area (Å²) in [4.78, 5) is 13.2. The van der Waals surface area contributed by atoms with Gasteiger partial charge in [-0.2, -0.15) is 0 Å². The molecule has 0 bridgehead atoms. The zero-order valence-corrected chi connectivity index (χ0v) is 8.60. The highest BCUT2D eigenvalue weighted by atomic mass is 16.2. The van der Waals surface area contributed by atoms with Crippen LogP contribution in [0.5, 0.6) is 0 Å². The molecule has 1 aliphatic rings. The number of nitrogens with zero attached hydrogens (tertiary/aromatic N) is 2. The summed E-state index contributed by atoms with van der Waals surface area (Å²) in [6, 6.07) is 3.93. The summed E-state index contributed by atoms with van der Waals surface area (Å²) in [5.41, 5.74) is 1.09. The van der Waals surface area contributed by atoms with Crippen molar-refractivity contribution >= 4 is 5.91 Å².